The lowest BCUT2D eigenvalue weighted by Gasteiger charge is -2.17. The highest BCUT2D eigenvalue weighted by molar-refractivity contribution is 9.10. The smallest absolute Gasteiger partial charge is 0.347 e. The SMILES string of the molecule is CCOC(=O)[C@@H](C)Oc1c(Br)cc(C=Nn2c([C@H](C)CC)nc3ccc(Br)cc3c2=O)cc1OC. The standard InChI is InChI=1S/C25H27Br2N3O5/c1-6-14(3)23-29-20-9-8-17(26)12-18(20)24(31)30(23)28-13-16-10-19(27)22(21(11-16)33-5)35-15(4)25(32)34-7-2/h8-15H,6-7H2,1-5H3/t14-,15-/m1/s1. The molecule has 8 nitrogen and oxygen atoms in total. The van der Waals surface area contributed by atoms with E-state index in [4.69, 9.17) is 19.2 Å². The summed E-state index contributed by atoms with van der Waals surface area (Å²) in [5.41, 5.74) is 1.03. The topological polar surface area (TPSA) is 92.0 Å². The van der Waals surface area contributed by atoms with Crippen molar-refractivity contribution in [2.75, 3.05) is 13.7 Å². The van der Waals surface area contributed by atoms with Crippen molar-refractivity contribution in [2.24, 2.45) is 5.10 Å². The predicted molar refractivity (Wildman–Crippen MR) is 143 cm³/mol. The van der Waals surface area contributed by atoms with Gasteiger partial charge in [0.2, 0.25) is 0 Å². The molecule has 0 amide bonds. The number of benzene rings is 2. The third kappa shape index (κ3) is 6.10. The average Bonchev–Trinajstić information content (AvgIpc) is 2.84. The van der Waals surface area contributed by atoms with E-state index in [-0.39, 0.29) is 18.1 Å². The molecule has 3 rings (SSSR count). The number of halogens is 2. The zero-order chi connectivity index (χ0) is 25.7. The number of carbonyl (C=O) groups excluding carboxylic acids is 1. The van der Waals surface area contributed by atoms with Crippen LogP contribution in [0.3, 0.4) is 0 Å². The van der Waals surface area contributed by atoms with Crippen LogP contribution in [0.25, 0.3) is 10.9 Å². The average molecular weight is 609 g/mol. The van der Waals surface area contributed by atoms with E-state index in [1.165, 1.54) is 11.8 Å². The number of methoxy groups -OCH3 is 1. The molecule has 0 N–H and O–H groups in total. The number of rotatable bonds is 9. The summed E-state index contributed by atoms with van der Waals surface area (Å²) in [4.78, 5) is 30.0. The fourth-order valence-corrected chi connectivity index (χ4v) is 4.23. The molecular weight excluding hydrogens is 582 g/mol. The molecule has 0 aliphatic carbocycles. The van der Waals surface area contributed by atoms with Gasteiger partial charge in [-0.3, -0.25) is 4.79 Å². The molecule has 0 bridgehead atoms. The number of carbonyl (C=O) groups is 1. The third-order valence-electron chi connectivity index (χ3n) is 5.37. The second-order valence-corrected chi connectivity index (χ2v) is 9.62. The van der Waals surface area contributed by atoms with Crippen LogP contribution >= 0.6 is 31.9 Å². The van der Waals surface area contributed by atoms with Gasteiger partial charge in [-0.1, -0.05) is 29.8 Å². The maximum atomic E-state index is 13.3. The molecule has 0 aliphatic heterocycles. The first-order valence-corrected chi connectivity index (χ1v) is 12.8. The van der Waals surface area contributed by atoms with Crippen molar-refractivity contribution in [1.82, 2.24) is 9.66 Å². The summed E-state index contributed by atoms with van der Waals surface area (Å²) in [6, 6.07) is 8.89. The number of hydrogen-bond donors (Lipinski definition) is 0. The molecular formula is C25H27Br2N3O5. The van der Waals surface area contributed by atoms with Crippen LogP contribution in [-0.2, 0) is 9.53 Å². The van der Waals surface area contributed by atoms with Crippen molar-refractivity contribution >= 4 is 54.9 Å². The number of aromatic nitrogens is 2. The molecule has 0 radical (unpaired) electrons. The molecule has 0 aliphatic rings. The fraction of sp³-hybridized carbons (Fsp3) is 0.360. The van der Waals surface area contributed by atoms with Crippen LogP contribution in [-0.4, -0.2) is 41.7 Å². The van der Waals surface area contributed by atoms with Crippen LogP contribution in [0.1, 0.15) is 51.4 Å². The van der Waals surface area contributed by atoms with Crippen LogP contribution in [0.2, 0.25) is 0 Å². The highest BCUT2D eigenvalue weighted by Gasteiger charge is 2.21. The molecule has 10 heteroatoms. The van der Waals surface area contributed by atoms with Crippen molar-refractivity contribution in [1.29, 1.82) is 0 Å². The van der Waals surface area contributed by atoms with Crippen LogP contribution < -0.4 is 15.0 Å². The van der Waals surface area contributed by atoms with E-state index in [1.807, 2.05) is 26.0 Å². The lowest BCUT2D eigenvalue weighted by Crippen LogP contribution is -2.26. The Bertz CT molecular complexity index is 1320. The Labute approximate surface area is 220 Å². The first-order valence-electron chi connectivity index (χ1n) is 11.2. The zero-order valence-corrected chi connectivity index (χ0v) is 23.3. The minimum Gasteiger partial charge on any atom is -0.493 e. The van der Waals surface area contributed by atoms with E-state index >= 15 is 0 Å². The zero-order valence-electron chi connectivity index (χ0n) is 20.2. The van der Waals surface area contributed by atoms with Gasteiger partial charge in [-0.2, -0.15) is 9.78 Å². The molecule has 2 aromatic carbocycles. The second kappa shape index (κ2) is 11.8. The molecule has 186 valence electrons. The summed E-state index contributed by atoms with van der Waals surface area (Å²) < 4.78 is 19.0. The van der Waals surface area contributed by atoms with Gasteiger partial charge in [-0.25, -0.2) is 9.78 Å². The lowest BCUT2D eigenvalue weighted by atomic mass is 10.1. The summed E-state index contributed by atoms with van der Waals surface area (Å²) in [7, 11) is 1.50. The van der Waals surface area contributed by atoms with Crippen molar-refractivity contribution < 1.29 is 19.0 Å². The van der Waals surface area contributed by atoms with Gasteiger partial charge in [0.25, 0.3) is 5.56 Å². The van der Waals surface area contributed by atoms with E-state index in [2.05, 4.69) is 37.0 Å². The van der Waals surface area contributed by atoms with Gasteiger partial charge in [0, 0.05) is 10.4 Å². The number of nitrogens with zero attached hydrogens (tertiary/aromatic N) is 3. The summed E-state index contributed by atoms with van der Waals surface area (Å²) in [6.45, 7) is 7.65. The highest BCUT2D eigenvalue weighted by Crippen LogP contribution is 2.37. The molecule has 3 aromatic rings. The molecule has 35 heavy (non-hydrogen) atoms. The number of fused-ring (bicyclic) bond motifs is 1. The van der Waals surface area contributed by atoms with Gasteiger partial charge in [0.1, 0.15) is 5.82 Å². The Morgan fingerprint density at radius 2 is 1.94 bits per heavy atom. The number of esters is 1. The van der Waals surface area contributed by atoms with E-state index in [0.717, 1.165) is 10.9 Å². The molecule has 0 fully saturated rings. The van der Waals surface area contributed by atoms with Gasteiger partial charge in [0.15, 0.2) is 17.6 Å². The number of hydrogen-bond acceptors (Lipinski definition) is 7. The maximum Gasteiger partial charge on any atom is 0.347 e. The Balaban J connectivity index is 2.04. The van der Waals surface area contributed by atoms with Gasteiger partial charge >= 0.3 is 5.97 Å². The normalized spacial score (nSPS) is 13.1. The van der Waals surface area contributed by atoms with Crippen LogP contribution in [0.4, 0.5) is 0 Å². The minimum atomic E-state index is -0.820. The van der Waals surface area contributed by atoms with E-state index in [9.17, 15) is 9.59 Å². The summed E-state index contributed by atoms with van der Waals surface area (Å²) in [5, 5.41) is 4.97. The Morgan fingerprint density at radius 1 is 1.20 bits per heavy atom. The molecule has 0 unspecified atom stereocenters. The van der Waals surface area contributed by atoms with E-state index < -0.39 is 12.1 Å². The van der Waals surface area contributed by atoms with E-state index in [0.29, 0.717) is 38.3 Å². The van der Waals surface area contributed by atoms with Gasteiger partial charge in [-0.05, 0) is 72.1 Å². The monoisotopic (exact) mass is 607 g/mol. The Kier molecular flexibility index (Phi) is 9.07. The number of ether oxygens (including phenoxy) is 3. The Hall–Kier alpha value is -2.72. The van der Waals surface area contributed by atoms with Crippen LogP contribution in [0.15, 0.2) is 49.2 Å². The van der Waals surface area contributed by atoms with Gasteiger partial charge < -0.3 is 14.2 Å². The quantitative estimate of drug-likeness (QED) is 0.230. The van der Waals surface area contributed by atoms with Crippen molar-refractivity contribution in [3.63, 3.8) is 0 Å². The fourth-order valence-electron chi connectivity index (χ4n) is 3.32. The molecule has 0 spiro atoms. The largest absolute Gasteiger partial charge is 0.493 e. The predicted octanol–water partition coefficient (Wildman–Crippen LogP) is 5.66. The molecule has 0 saturated carbocycles. The molecule has 0 saturated heterocycles. The highest BCUT2D eigenvalue weighted by atomic mass is 79.9. The lowest BCUT2D eigenvalue weighted by molar-refractivity contribution is -0.150. The maximum absolute atomic E-state index is 13.3. The van der Waals surface area contributed by atoms with Crippen molar-refractivity contribution in [2.45, 2.75) is 46.1 Å². The molecule has 1 heterocycles. The third-order valence-corrected chi connectivity index (χ3v) is 6.46. The summed E-state index contributed by atoms with van der Waals surface area (Å²) >= 11 is 6.90. The van der Waals surface area contributed by atoms with Gasteiger partial charge in [-0.15, -0.1) is 0 Å². The first kappa shape index (κ1) is 26.9. The van der Waals surface area contributed by atoms with Crippen LogP contribution in [0.5, 0.6) is 11.5 Å². The van der Waals surface area contributed by atoms with Crippen molar-refractivity contribution in [3.8, 4) is 11.5 Å². The Morgan fingerprint density at radius 3 is 2.60 bits per heavy atom. The first-order chi connectivity index (χ1) is 16.7. The minimum absolute atomic E-state index is 0.0225. The molecule has 1 aromatic heterocycles. The van der Waals surface area contributed by atoms with E-state index in [1.54, 1.807) is 38.3 Å². The van der Waals surface area contributed by atoms with Crippen LogP contribution in [0, 0.1) is 0 Å². The molecule has 2 atom stereocenters. The van der Waals surface area contributed by atoms with Gasteiger partial charge in [0.05, 0.1) is 35.3 Å². The second-order valence-electron chi connectivity index (χ2n) is 7.85. The summed E-state index contributed by atoms with van der Waals surface area (Å²) in [5.74, 6) is 0.888. The summed E-state index contributed by atoms with van der Waals surface area (Å²) in [6.07, 6.45) is 1.54. The van der Waals surface area contributed by atoms with Crippen molar-refractivity contribution in [3.05, 3.63) is 61.0 Å².